The lowest BCUT2D eigenvalue weighted by Gasteiger charge is -2.35. The minimum absolute atomic E-state index is 0.0549. The molecular formula is C25H25N5O6S. The average Bonchev–Trinajstić information content (AvgIpc) is 3.44. The molecule has 0 unspecified atom stereocenters. The number of benzene rings is 2. The summed E-state index contributed by atoms with van der Waals surface area (Å²) < 4.78 is 10.4. The molecule has 37 heavy (non-hydrogen) atoms. The molecule has 192 valence electrons. The van der Waals surface area contributed by atoms with Crippen molar-refractivity contribution >= 4 is 46.2 Å². The van der Waals surface area contributed by atoms with E-state index in [-0.39, 0.29) is 34.6 Å². The van der Waals surface area contributed by atoms with Gasteiger partial charge >= 0.3 is 5.69 Å². The highest BCUT2D eigenvalue weighted by Crippen LogP contribution is 2.28. The van der Waals surface area contributed by atoms with Crippen molar-refractivity contribution in [1.29, 1.82) is 0 Å². The highest BCUT2D eigenvalue weighted by Gasteiger charge is 2.24. The summed E-state index contributed by atoms with van der Waals surface area (Å²) in [6.45, 7) is 4.51. The van der Waals surface area contributed by atoms with Crippen LogP contribution < -0.4 is 20.3 Å². The summed E-state index contributed by atoms with van der Waals surface area (Å²) in [5, 5.41) is 16.8. The second-order valence-corrected chi connectivity index (χ2v) is 8.49. The number of ether oxygens (including phenoxy) is 1. The van der Waals surface area contributed by atoms with Gasteiger partial charge < -0.3 is 24.3 Å². The third-order valence-corrected chi connectivity index (χ3v) is 5.94. The first-order chi connectivity index (χ1) is 17.9. The number of carbonyl (C=O) groups is 2. The van der Waals surface area contributed by atoms with Crippen LogP contribution in [0.25, 0.3) is 0 Å². The maximum Gasteiger partial charge on any atom is 0.311 e. The summed E-state index contributed by atoms with van der Waals surface area (Å²) in [6, 6.07) is 14.8. The third kappa shape index (κ3) is 6.22. The van der Waals surface area contributed by atoms with Gasteiger partial charge in [0, 0.05) is 49.2 Å². The summed E-state index contributed by atoms with van der Waals surface area (Å²) in [4.78, 5) is 39.6. The number of piperazine rings is 1. The zero-order valence-corrected chi connectivity index (χ0v) is 20.8. The van der Waals surface area contributed by atoms with Crippen molar-refractivity contribution in [1.82, 2.24) is 10.2 Å². The van der Waals surface area contributed by atoms with Crippen molar-refractivity contribution in [2.24, 2.45) is 0 Å². The van der Waals surface area contributed by atoms with Gasteiger partial charge in [0.05, 0.1) is 17.8 Å². The van der Waals surface area contributed by atoms with E-state index in [1.54, 1.807) is 24.0 Å². The molecule has 4 rings (SSSR count). The van der Waals surface area contributed by atoms with Gasteiger partial charge in [-0.1, -0.05) is 0 Å². The Morgan fingerprint density at radius 3 is 2.46 bits per heavy atom. The second kappa shape index (κ2) is 11.5. The second-order valence-electron chi connectivity index (χ2n) is 8.08. The molecule has 1 fully saturated rings. The van der Waals surface area contributed by atoms with Crippen LogP contribution in [-0.2, 0) is 0 Å². The van der Waals surface area contributed by atoms with Crippen LogP contribution in [0.15, 0.2) is 65.3 Å². The Morgan fingerprint density at radius 1 is 1.11 bits per heavy atom. The fraction of sp³-hybridized carbons (Fsp3) is 0.240. The highest BCUT2D eigenvalue weighted by molar-refractivity contribution is 7.80. The van der Waals surface area contributed by atoms with Crippen LogP contribution in [-0.4, -0.2) is 59.5 Å². The lowest BCUT2D eigenvalue weighted by Crippen LogP contribution is -2.48. The Kier molecular flexibility index (Phi) is 7.98. The molecule has 3 aromatic rings. The monoisotopic (exact) mass is 523 g/mol. The van der Waals surface area contributed by atoms with Crippen LogP contribution in [0.1, 0.15) is 27.8 Å². The standard InChI is InChI=1S/C25H25N5O6S/c1-2-35-21-10-5-17(16-20(21)30(33)34)23(31)27-25(37)26-18-6-8-19(9-7-18)28-11-13-29(14-12-28)24(32)22-4-3-15-36-22/h3-10,15-16H,2,11-14H2,1H3,(H2,26,27,31,37). The summed E-state index contributed by atoms with van der Waals surface area (Å²) in [5.74, 6) is -0.259. The number of rotatable bonds is 7. The van der Waals surface area contributed by atoms with Crippen molar-refractivity contribution in [3.8, 4) is 5.75 Å². The van der Waals surface area contributed by atoms with Crippen LogP contribution >= 0.6 is 12.2 Å². The molecule has 12 heteroatoms. The molecule has 2 aromatic carbocycles. The lowest BCUT2D eigenvalue weighted by atomic mass is 10.1. The van der Waals surface area contributed by atoms with E-state index >= 15 is 0 Å². The fourth-order valence-corrected chi connectivity index (χ4v) is 4.11. The lowest BCUT2D eigenvalue weighted by molar-refractivity contribution is -0.385. The molecule has 1 aliphatic heterocycles. The molecule has 0 spiro atoms. The van der Waals surface area contributed by atoms with Gasteiger partial charge in [0.25, 0.3) is 11.8 Å². The molecule has 0 radical (unpaired) electrons. The number of amides is 2. The quantitative estimate of drug-likeness (QED) is 0.271. The smallest absolute Gasteiger partial charge is 0.311 e. The first kappa shape index (κ1) is 25.6. The van der Waals surface area contributed by atoms with Gasteiger partial charge in [-0.05, 0) is 67.7 Å². The average molecular weight is 524 g/mol. The van der Waals surface area contributed by atoms with Crippen molar-refractivity contribution < 1.29 is 23.7 Å². The zero-order chi connectivity index (χ0) is 26.4. The molecule has 0 atom stereocenters. The van der Waals surface area contributed by atoms with E-state index in [9.17, 15) is 19.7 Å². The minimum Gasteiger partial charge on any atom is -0.487 e. The van der Waals surface area contributed by atoms with Crippen molar-refractivity contribution in [2.45, 2.75) is 6.92 Å². The Morgan fingerprint density at radius 2 is 1.84 bits per heavy atom. The van der Waals surface area contributed by atoms with E-state index in [1.165, 1.54) is 18.4 Å². The number of nitrogens with zero attached hydrogens (tertiary/aromatic N) is 3. The van der Waals surface area contributed by atoms with E-state index in [1.807, 2.05) is 24.3 Å². The Labute approximate surface area is 218 Å². The predicted octanol–water partition coefficient (Wildman–Crippen LogP) is 3.68. The van der Waals surface area contributed by atoms with Gasteiger partial charge in [-0.25, -0.2) is 0 Å². The van der Waals surface area contributed by atoms with E-state index in [2.05, 4.69) is 15.5 Å². The summed E-state index contributed by atoms with van der Waals surface area (Å²) in [7, 11) is 0. The van der Waals surface area contributed by atoms with E-state index < -0.39 is 10.8 Å². The van der Waals surface area contributed by atoms with Gasteiger partial charge in [0.2, 0.25) is 0 Å². The van der Waals surface area contributed by atoms with Crippen LogP contribution in [0.2, 0.25) is 0 Å². The molecule has 0 aliphatic carbocycles. The Balaban J connectivity index is 1.30. The summed E-state index contributed by atoms with van der Waals surface area (Å²) in [5.41, 5.74) is 1.44. The molecular weight excluding hydrogens is 498 g/mol. The summed E-state index contributed by atoms with van der Waals surface area (Å²) >= 11 is 5.24. The first-order valence-corrected chi connectivity index (χ1v) is 12.0. The van der Waals surface area contributed by atoms with Gasteiger partial charge in [0.1, 0.15) is 0 Å². The maximum absolute atomic E-state index is 12.6. The van der Waals surface area contributed by atoms with Gasteiger partial charge in [-0.3, -0.25) is 25.0 Å². The number of nitro groups is 1. The van der Waals surface area contributed by atoms with Gasteiger partial charge in [0.15, 0.2) is 16.6 Å². The van der Waals surface area contributed by atoms with E-state index in [4.69, 9.17) is 21.4 Å². The Bertz CT molecular complexity index is 1290. The van der Waals surface area contributed by atoms with Crippen molar-refractivity contribution in [3.05, 3.63) is 82.3 Å². The van der Waals surface area contributed by atoms with Crippen molar-refractivity contribution in [2.75, 3.05) is 43.0 Å². The fourth-order valence-electron chi connectivity index (χ4n) is 3.90. The number of anilines is 2. The molecule has 1 saturated heterocycles. The first-order valence-electron chi connectivity index (χ1n) is 11.6. The number of hydrogen-bond donors (Lipinski definition) is 2. The SMILES string of the molecule is CCOc1ccc(C(=O)NC(=S)Nc2ccc(N3CCN(C(=O)c4ccco4)CC3)cc2)cc1[N+](=O)[O-]. The topological polar surface area (TPSA) is 130 Å². The molecule has 11 nitrogen and oxygen atoms in total. The largest absolute Gasteiger partial charge is 0.487 e. The van der Waals surface area contributed by atoms with Crippen molar-refractivity contribution in [3.63, 3.8) is 0 Å². The number of hydrogen-bond acceptors (Lipinski definition) is 8. The number of thiocarbonyl (C=S) groups is 1. The molecule has 1 aliphatic rings. The van der Waals surface area contributed by atoms with E-state index in [0.29, 0.717) is 37.6 Å². The normalized spacial score (nSPS) is 13.1. The third-order valence-electron chi connectivity index (χ3n) is 5.73. The van der Waals surface area contributed by atoms with Crippen LogP contribution in [0.5, 0.6) is 5.75 Å². The van der Waals surface area contributed by atoms with Crippen LogP contribution in [0.4, 0.5) is 17.1 Å². The summed E-state index contributed by atoms with van der Waals surface area (Å²) in [6.07, 6.45) is 1.49. The number of carbonyl (C=O) groups excluding carboxylic acids is 2. The predicted molar refractivity (Wildman–Crippen MR) is 141 cm³/mol. The molecule has 0 saturated carbocycles. The number of furan rings is 1. The molecule has 1 aromatic heterocycles. The number of nitrogens with one attached hydrogen (secondary N) is 2. The molecule has 2 heterocycles. The van der Waals surface area contributed by atoms with Crippen LogP contribution in [0.3, 0.4) is 0 Å². The van der Waals surface area contributed by atoms with Gasteiger partial charge in [-0.15, -0.1) is 0 Å². The maximum atomic E-state index is 12.6. The number of nitro benzene ring substituents is 1. The Hall–Kier alpha value is -4.45. The van der Waals surface area contributed by atoms with Gasteiger partial charge in [-0.2, -0.15) is 0 Å². The zero-order valence-electron chi connectivity index (χ0n) is 20.0. The molecule has 2 N–H and O–H groups in total. The van der Waals surface area contributed by atoms with E-state index in [0.717, 1.165) is 11.8 Å². The molecule has 2 amide bonds. The highest BCUT2D eigenvalue weighted by atomic mass is 32.1. The minimum atomic E-state index is -0.600. The van der Waals surface area contributed by atoms with Crippen LogP contribution in [0, 0.1) is 10.1 Å². The molecule has 0 bridgehead atoms.